The largest absolute Gasteiger partial charge is 0.365 e. The molecule has 2 saturated carbocycles. The van der Waals surface area contributed by atoms with Gasteiger partial charge in [0.15, 0.2) is 0 Å². The number of piperazine rings is 1. The maximum absolute atomic E-state index is 6.24. The molecule has 144 valence electrons. The highest BCUT2D eigenvalue weighted by Crippen LogP contribution is 2.68. The van der Waals surface area contributed by atoms with E-state index in [1.807, 2.05) is 0 Å². The number of ether oxygens (including phenoxy) is 1. The monoisotopic (exact) mass is 357 g/mol. The summed E-state index contributed by atoms with van der Waals surface area (Å²) < 4.78 is 6.24. The minimum absolute atomic E-state index is 0.432. The zero-order chi connectivity index (χ0) is 16.9. The Hall–Kier alpha value is -0.160. The smallest absolute Gasteiger partial charge is 0.0979 e. The molecular weight excluding hydrogens is 322 g/mol. The van der Waals surface area contributed by atoms with Crippen LogP contribution in [-0.4, -0.2) is 71.9 Å². The first-order valence-electron chi connectivity index (χ1n) is 11.7. The lowest BCUT2D eigenvalue weighted by Gasteiger charge is -2.54. The van der Waals surface area contributed by atoms with E-state index in [9.17, 15) is 0 Å². The molecule has 6 aliphatic heterocycles. The predicted octanol–water partition coefficient (Wildman–Crippen LogP) is 2.23. The van der Waals surface area contributed by atoms with Crippen molar-refractivity contribution in [1.29, 1.82) is 0 Å². The van der Waals surface area contributed by atoms with Crippen LogP contribution < -0.4 is 5.32 Å². The second kappa shape index (κ2) is 5.46. The fourth-order valence-corrected chi connectivity index (χ4v) is 8.29. The number of fused-ring (bicyclic) bond motifs is 4. The summed E-state index contributed by atoms with van der Waals surface area (Å²) in [6.07, 6.45) is 13.7. The van der Waals surface area contributed by atoms with Crippen LogP contribution in [0.5, 0.6) is 0 Å². The van der Waals surface area contributed by atoms with Crippen LogP contribution in [0.2, 0.25) is 0 Å². The summed E-state index contributed by atoms with van der Waals surface area (Å²) in [4.78, 5) is 5.80. The van der Waals surface area contributed by atoms with Gasteiger partial charge in [0, 0.05) is 43.8 Å². The molecule has 0 aromatic heterocycles. The lowest BCUT2D eigenvalue weighted by atomic mass is 9.75. The van der Waals surface area contributed by atoms with Gasteiger partial charge in [0.05, 0.1) is 11.7 Å². The fraction of sp³-hybridized carbons (Fsp3) is 1.00. The summed E-state index contributed by atoms with van der Waals surface area (Å²) in [5.41, 5.74) is 0.432. The van der Waals surface area contributed by atoms with Crippen molar-refractivity contribution in [1.82, 2.24) is 15.1 Å². The highest BCUT2D eigenvalue weighted by Gasteiger charge is 2.74. The third-order valence-corrected chi connectivity index (χ3v) is 9.91. The van der Waals surface area contributed by atoms with E-state index >= 15 is 0 Å². The molecule has 8 fully saturated rings. The SMILES string of the molecule is C1CC2CNC1CN2C1CCC2CC(C3CC4CCC45OC35)CCN2C1. The van der Waals surface area contributed by atoms with E-state index in [0.29, 0.717) is 11.7 Å². The van der Waals surface area contributed by atoms with Gasteiger partial charge in [0.1, 0.15) is 0 Å². The van der Waals surface area contributed by atoms with Gasteiger partial charge in [0.2, 0.25) is 0 Å². The fourth-order valence-electron chi connectivity index (χ4n) is 8.29. The molecule has 8 aliphatic rings. The van der Waals surface area contributed by atoms with Crippen molar-refractivity contribution in [2.24, 2.45) is 17.8 Å². The summed E-state index contributed by atoms with van der Waals surface area (Å²) in [6, 6.07) is 3.34. The molecule has 0 aromatic carbocycles. The minimum atomic E-state index is 0.432. The van der Waals surface area contributed by atoms with E-state index < -0.39 is 0 Å². The van der Waals surface area contributed by atoms with E-state index in [1.165, 1.54) is 84.0 Å². The molecule has 6 heterocycles. The van der Waals surface area contributed by atoms with Crippen molar-refractivity contribution in [3.63, 3.8) is 0 Å². The highest BCUT2D eigenvalue weighted by molar-refractivity contribution is 5.22. The molecule has 26 heavy (non-hydrogen) atoms. The zero-order valence-corrected chi connectivity index (χ0v) is 16.1. The molecule has 2 aliphatic carbocycles. The van der Waals surface area contributed by atoms with Crippen molar-refractivity contribution in [3.05, 3.63) is 0 Å². The Kier molecular flexibility index (Phi) is 3.30. The molecule has 1 N–H and O–H groups in total. The average Bonchev–Trinajstić information content (AvgIpc) is 3.41. The van der Waals surface area contributed by atoms with Crippen LogP contribution in [-0.2, 0) is 4.74 Å². The van der Waals surface area contributed by atoms with Gasteiger partial charge >= 0.3 is 0 Å². The van der Waals surface area contributed by atoms with E-state index in [1.54, 1.807) is 0 Å². The normalized spacial score (nSPS) is 58.6. The first-order chi connectivity index (χ1) is 12.8. The molecule has 0 aromatic rings. The summed E-state index contributed by atoms with van der Waals surface area (Å²) in [6.45, 7) is 5.30. The van der Waals surface area contributed by atoms with Crippen LogP contribution in [0, 0.1) is 17.8 Å². The Morgan fingerprint density at radius 1 is 0.885 bits per heavy atom. The molecule has 4 nitrogen and oxygen atoms in total. The van der Waals surface area contributed by atoms with E-state index in [-0.39, 0.29) is 0 Å². The first kappa shape index (κ1) is 15.7. The molecule has 8 rings (SSSR count). The van der Waals surface area contributed by atoms with Gasteiger partial charge in [-0.1, -0.05) is 0 Å². The number of hydrogen-bond donors (Lipinski definition) is 1. The van der Waals surface area contributed by atoms with Crippen LogP contribution in [0.3, 0.4) is 0 Å². The lowest BCUT2D eigenvalue weighted by Crippen LogP contribution is -2.66. The number of rotatable bonds is 2. The number of epoxide rings is 1. The van der Waals surface area contributed by atoms with Gasteiger partial charge in [-0.2, -0.15) is 0 Å². The molecule has 9 unspecified atom stereocenters. The Labute approximate surface area is 158 Å². The maximum atomic E-state index is 6.24. The number of nitrogens with zero attached hydrogens (tertiary/aromatic N) is 2. The molecule has 0 amide bonds. The van der Waals surface area contributed by atoms with Crippen LogP contribution in [0.25, 0.3) is 0 Å². The Bertz CT molecular complexity index is 563. The third-order valence-electron chi connectivity index (χ3n) is 9.91. The number of piperidine rings is 4. The van der Waals surface area contributed by atoms with Gasteiger partial charge in [-0.05, 0) is 82.1 Å². The highest BCUT2D eigenvalue weighted by atomic mass is 16.6. The molecule has 9 atom stereocenters. The Balaban J connectivity index is 1.00. The number of hydrogen-bond acceptors (Lipinski definition) is 4. The summed E-state index contributed by atoms with van der Waals surface area (Å²) in [7, 11) is 0. The van der Waals surface area contributed by atoms with Crippen LogP contribution in [0.15, 0.2) is 0 Å². The van der Waals surface area contributed by atoms with Gasteiger partial charge in [-0.15, -0.1) is 0 Å². The topological polar surface area (TPSA) is 31.0 Å². The Morgan fingerprint density at radius 2 is 1.81 bits per heavy atom. The zero-order valence-electron chi connectivity index (χ0n) is 16.1. The van der Waals surface area contributed by atoms with E-state index in [4.69, 9.17) is 4.74 Å². The molecule has 0 radical (unpaired) electrons. The van der Waals surface area contributed by atoms with Crippen LogP contribution in [0.1, 0.15) is 57.8 Å². The second-order valence-corrected chi connectivity index (χ2v) is 10.8. The third kappa shape index (κ3) is 2.11. The van der Waals surface area contributed by atoms with Crippen LogP contribution >= 0.6 is 0 Å². The van der Waals surface area contributed by atoms with E-state index in [0.717, 1.165) is 41.9 Å². The lowest BCUT2D eigenvalue weighted by molar-refractivity contribution is -0.0323. The van der Waals surface area contributed by atoms with Crippen molar-refractivity contribution in [2.75, 3.05) is 26.2 Å². The second-order valence-electron chi connectivity index (χ2n) is 10.8. The molecule has 4 heteroatoms. The quantitative estimate of drug-likeness (QED) is 0.768. The van der Waals surface area contributed by atoms with Gasteiger partial charge in [-0.25, -0.2) is 0 Å². The first-order valence-corrected chi connectivity index (χ1v) is 11.7. The Morgan fingerprint density at radius 3 is 2.46 bits per heavy atom. The van der Waals surface area contributed by atoms with E-state index in [2.05, 4.69) is 15.1 Å². The van der Waals surface area contributed by atoms with Gasteiger partial charge < -0.3 is 10.1 Å². The molecule has 6 saturated heterocycles. The molecule has 2 bridgehead atoms. The maximum Gasteiger partial charge on any atom is 0.0979 e. The van der Waals surface area contributed by atoms with Crippen molar-refractivity contribution < 1.29 is 4.74 Å². The molecular formula is C22H35N3O. The van der Waals surface area contributed by atoms with Crippen molar-refractivity contribution in [3.8, 4) is 0 Å². The average molecular weight is 358 g/mol. The van der Waals surface area contributed by atoms with Crippen LogP contribution in [0.4, 0.5) is 0 Å². The summed E-state index contributed by atoms with van der Waals surface area (Å²) >= 11 is 0. The van der Waals surface area contributed by atoms with Crippen molar-refractivity contribution in [2.45, 2.75) is 93.7 Å². The molecule has 1 spiro atoms. The standard InChI is InChI=1S/C22H35N3O/c1-2-18-11-23-16(1)12-25(18)19-4-3-17-9-14(6-8-24(17)13-19)20-10-15-5-7-22(15)21(20)26-22/h14-21,23H,1-13H2. The van der Waals surface area contributed by atoms with Gasteiger partial charge in [0.25, 0.3) is 0 Å². The summed E-state index contributed by atoms with van der Waals surface area (Å²) in [5, 5.41) is 3.73. The predicted molar refractivity (Wildman–Crippen MR) is 101 cm³/mol. The summed E-state index contributed by atoms with van der Waals surface area (Å²) in [5.74, 6) is 2.85. The number of nitrogens with one attached hydrogen (secondary N) is 1. The minimum Gasteiger partial charge on any atom is -0.365 e. The van der Waals surface area contributed by atoms with Crippen molar-refractivity contribution >= 4 is 0 Å². The van der Waals surface area contributed by atoms with Gasteiger partial charge in [-0.3, -0.25) is 9.80 Å².